The molecule has 1 fully saturated rings. The summed E-state index contributed by atoms with van der Waals surface area (Å²) >= 11 is 0. The van der Waals surface area contributed by atoms with Crippen LogP contribution in [0.3, 0.4) is 0 Å². The summed E-state index contributed by atoms with van der Waals surface area (Å²) in [6.45, 7) is 4.17. The molecular formula is C23H24N8O. The third-order valence-corrected chi connectivity index (χ3v) is 5.64. The van der Waals surface area contributed by atoms with E-state index >= 15 is 0 Å². The molecule has 0 bridgehead atoms. The Labute approximate surface area is 185 Å². The third kappa shape index (κ3) is 3.97. The average Bonchev–Trinajstić information content (AvgIpc) is 2.81. The molecule has 32 heavy (non-hydrogen) atoms. The van der Waals surface area contributed by atoms with Crippen LogP contribution in [0, 0.1) is 0 Å². The first-order valence-corrected chi connectivity index (χ1v) is 10.5. The fourth-order valence-electron chi connectivity index (χ4n) is 3.79. The van der Waals surface area contributed by atoms with Crippen molar-refractivity contribution in [3.05, 3.63) is 71.3 Å². The zero-order chi connectivity index (χ0) is 22.1. The predicted octanol–water partition coefficient (Wildman–Crippen LogP) is 2.25. The molecule has 9 heteroatoms. The lowest BCUT2D eigenvalue weighted by atomic mass is 10.2. The first-order valence-electron chi connectivity index (χ1n) is 10.5. The van der Waals surface area contributed by atoms with Gasteiger partial charge < -0.3 is 20.9 Å². The van der Waals surface area contributed by atoms with Crippen molar-refractivity contribution in [3.8, 4) is 5.69 Å². The minimum Gasteiger partial charge on any atom is -0.399 e. The summed E-state index contributed by atoms with van der Waals surface area (Å²) in [5.74, 6) is 0.390. The van der Waals surface area contributed by atoms with Gasteiger partial charge in [-0.2, -0.15) is 4.98 Å². The molecule has 2 aromatic carbocycles. The number of likely N-dealkylation sites (N-methyl/N-ethyl adjacent to an activating group) is 1. The number of piperazine rings is 1. The SMILES string of the molecule is CN1CCN(c2ccc(Nc3ncc4ncc(=O)n(-c5ccc(N)cc5)c4n3)cc2)CC1. The van der Waals surface area contributed by atoms with Crippen molar-refractivity contribution >= 4 is 34.2 Å². The van der Waals surface area contributed by atoms with Crippen LogP contribution in [0.5, 0.6) is 0 Å². The third-order valence-electron chi connectivity index (χ3n) is 5.64. The Hall–Kier alpha value is -3.98. The maximum atomic E-state index is 12.6. The van der Waals surface area contributed by atoms with Gasteiger partial charge in [0.1, 0.15) is 5.52 Å². The highest BCUT2D eigenvalue weighted by atomic mass is 16.1. The minimum atomic E-state index is -0.275. The van der Waals surface area contributed by atoms with E-state index in [4.69, 9.17) is 5.73 Å². The van der Waals surface area contributed by atoms with Gasteiger partial charge in [-0.05, 0) is 55.6 Å². The van der Waals surface area contributed by atoms with Crippen LogP contribution >= 0.6 is 0 Å². The molecule has 0 unspecified atom stereocenters. The zero-order valence-corrected chi connectivity index (χ0v) is 17.8. The summed E-state index contributed by atoms with van der Waals surface area (Å²) in [6, 6.07) is 15.3. The molecule has 0 spiro atoms. The van der Waals surface area contributed by atoms with Gasteiger partial charge in [0.2, 0.25) is 5.95 Å². The van der Waals surface area contributed by atoms with Gasteiger partial charge in [0, 0.05) is 43.2 Å². The summed E-state index contributed by atoms with van der Waals surface area (Å²) in [7, 11) is 2.15. The standard InChI is InChI=1S/C23H24N8O/c1-29-10-12-30(13-11-29)18-8-4-17(5-9-18)27-23-26-14-20-22(28-23)31(21(32)15-25-20)19-6-2-16(24)3-7-19/h2-9,14-15H,10-13,24H2,1H3,(H,26,27,28). The van der Waals surface area contributed by atoms with E-state index in [0.717, 1.165) is 31.9 Å². The zero-order valence-electron chi connectivity index (χ0n) is 17.8. The van der Waals surface area contributed by atoms with Crippen LogP contribution in [0.1, 0.15) is 0 Å². The number of nitrogens with two attached hydrogens (primary N) is 1. The number of rotatable bonds is 4. The first kappa shape index (κ1) is 20.0. The molecule has 1 saturated heterocycles. The van der Waals surface area contributed by atoms with Crippen LogP contribution in [0.4, 0.5) is 23.0 Å². The van der Waals surface area contributed by atoms with E-state index < -0.39 is 0 Å². The van der Waals surface area contributed by atoms with E-state index in [1.54, 1.807) is 30.5 Å². The molecule has 0 atom stereocenters. The van der Waals surface area contributed by atoms with Crippen LogP contribution in [0.2, 0.25) is 0 Å². The highest BCUT2D eigenvalue weighted by molar-refractivity contribution is 5.73. The van der Waals surface area contributed by atoms with Crippen molar-refractivity contribution in [2.45, 2.75) is 0 Å². The van der Waals surface area contributed by atoms with Crippen molar-refractivity contribution in [1.29, 1.82) is 0 Å². The lowest BCUT2D eigenvalue weighted by Crippen LogP contribution is -2.44. The van der Waals surface area contributed by atoms with Crippen molar-refractivity contribution in [1.82, 2.24) is 24.4 Å². The summed E-state index contributed by atoms with van der Waals surface area (Å²) in [6.07, 6.45) is 2.88. The van der Waals surface area contributed by atoms with Crippen LogP contribution in [-0.2, 0) is 0 Å². The number of nitrogens with one attached hydrogen (secondary N) is 1. The lowest BCUT2D eigenvalue weighted by Gasteiger charge is -2.34. The molecule has 0 aliphatic carbocycles. The maximum absolute atomic E-state index is 12.6. The number of fused-ring (bicyclic) bond motifs is 1. The second kappa shape index (κ2) is 8.27. The van der Waals surface area contributed by atoms with E-state index in [9.17, 15) is 4.79 Å². The fourth-order valence-corrected chi connectivity index (χ4v) is 3.79. The molecule has 3 heterocycles. The Balaban J connectivity index is 1.43. The first-order chi connectivity index (χ1) is 15.6. The van der Waals surface area contributed by atoms with Crippen molar-refractivity contribution in [3.63, 3.8) is 0 Å². The van der Waals surface area contributed by atoms with Crippen LogP contribution in [0.15, 0.2) is 65.7 Å². The molecule has 2 aromatic heterocycles. The van der Waals surface area contributed by atoms with Gasteiger partial charge in [-0.15, -0.1) is 0 Å². The van der Waals surface area contributed by atoms with Gasteiger partial charge in [-0.1, -0.05) is 0 Å². The van der Waals surface area contributed by atoms with Crippen molar-refractivity contribution < 1.29 is 0 Å². The largest absolute Gasteiger partial charge is 0.399 e. The van der Waals surface area contributed by atoms with E-state index in [2.05, 4.69) is 49.2 Å². The van der Waals surface area contributed by atoms with Gasteiger partial charge in [0.25, 0.3) is 5.56 Å². The topological polar surface area (TPSA) is 105 Å². The van der Waals surface area contributed by atoms with Crippen LogP contribution < -0.4 is 21.5 Å². The number of nitrogen functional groups attached to an aromatic ring is 1. The number of benzene rings is 2. The number of hydrogen-bond acceptors (Lipinski definition) is 8. The molecule has 1 aliphatic rings. The predicted molar refractivity (Wildman–Crippen MR) is 127 cm³/mol. The van der Waals surface area contributed by atoms with Crippen molar-refractivity contribution in [2.75, 3.05) is 49.2 Å². The Kier molecular flexibility index (Phi) is 5.16. The fraction of sp³-hybridized carbons (Fsp3) is 0.217. The lowest BCUT2D eigenvalue weighted by molar-refractivity contribution is 0.313. The quantitative estimate of drug-likeness (QED) is 0.477. The molecule has 9 nitrogen and oxygen atoms in total. The normalized spacial score (nSPS) is 14.6. The monoisotopic (exact) mass is 428 g/mol. The molecule has 162 valence electrons. The number of nitrogens with zero attached hydrogens (tertiary/aromatic N) is 6. The molecule has 0 saturated carbocycles. The highest BCUT2D eigenvalue weighted by Crippen LogP contribution is 2.22. The van der Waals surface area contributed by atoms with Gasteiger partial charge >= 0.3 is 0 Å². The van der Waals surface area contributed by atoms with Gasteiger partial charge in [0.05, 0.1) is 18.1 Å². The van der Waals surface area contributed by atoms with E-state index in [1.165, 1.54) is 16.5 Å². The Morgan fingerprint density at radius 2 is 1.56 bits per heavy atom. The van der Waals surface area contributed by atoms with E-state index in [-0.39, 0.29) is 5.56 Å². The summed E-state index contributed by atoms with van der Waals surface area (Å²) in [4.78, 5) is 30.4. The molecule has 0 amide bonds. The highest BCUT2D eigenvalue weighted by Gasteiger charge is 2.14. The molecule has 4 aromatic rings. The molecular weight excluding hydrogens is 404 g/mol. The number of anilines is 4. The minimum absolute atomic E-state index is 0.275. The molecule has 1 aliphatic heterocycles. The number of aromatic nitrogens is 4. The van der Waals surface area contributed by atoms with E-state index in [0.29, 0.717) is 28.5 Å². The second-order valence-corrected chi connectivity index (χ2v) is 7.89. The Morgan fingerprint density at radius 3 is 2.28 bits per heavy atom. The summed E-state index contributed by atoms with van der Waals surface area (Å²) in [5.41, 5.74) is 9.82. The van der Waals surface area contributed by atoms with Gasteiger partial charge in [-0.3, -0.25) is 9.36 Å². The summed E-state index contributed by atoms with van der Waals surface area (Å²) in [5, 5.41) is 3.23. The molecule has 3 N–H and O–H groups in total. The maximum Gasteiger partial charge on any atom is 0.275 e. The Morgan fingerprint density at radius 1 is 0.875 bits per heavy atom. The van der Waals surface area contributed by atoms with Crippen LogP contribution in [-0.4, -0.2) is 57.6 Å². The smallest absolute Gasteiger partial charge is 0.275 e. The van der Waals surface area contributed by atoms with Gasteiger partial charge in [0.15, 0.2) is 5.65 Å². The molecule has 0 radical (unpaired) electrons. The molecule has 5 rings (SSSR count). The summed E-state index contributed by atoms with van der Waals surface area (Å²) < 4.78 is 1.51. The van der Waals surface area contributed by atoms with Gasteiger partial charge in [-0.25, -0.2) is 9.97 Å². The average molecular weight is 429 g/mol. The van der Waals surface area contributed by atoms with E-state index in [1.807, 2.05) is 12.1 Å². The number of hydrogen-bond donors (Lipinski definition) is 2. The second-order valence-electron chi connectivity index (χ2n) is 7.89. The van der Waals surface area contributed by atoms with Crippen LogP contribution in [0.25, 0.3) is 16.9 Å². The Bertz CT molecular complexity index is 1290. The van der Waals surface area contributed by atoms with Crippen molar-refractivity contribution in [2.24, 2.45) is 0 Å².